The first-order valence-electron chi connectivity index (χ1n) is 13.7. The Bertz CT molecular complexity index is 2440. The first kappa shape index (κ1) is 22.0. The Hall–Kier alpha value is -4.86. The second kappa shape index (κ2) is 8.08. The third kappa shape index (κ3) is 2.93. The minimum absolute atomic E-state index is 1.19. The monoisotopic (exact) mass is 528 g/mol. The van der Waals surface area contributed by atoms with Crippen LogP contribution >= 0.6 is 11.3 Å². The molecule has 0 fully saturated rings. The van der Waals surface area contributed by atoms with Gasteiger partial charge in [-0.1, -0.05) is 78.9 Å². The third-order valence-corrected chi connectivity index (χ3v) is 9.53. The van der Waals surface area contributed by atoms with Gasteiger partial charge in [-0.05, 0) is 61.0 Å². The molecule has 0 radical (unpaired) electrons. The largest absolute Gasteiger partial charge is 0.309 e. The molecule has 9 aromatic rings. The van der Waals surface area contributed by atoms with Gasteiger partial charge < -0.3 is 9.13 Å². The van der Waals surface area contributed by atoms with Crippen molar-refractivity contribution in [2.45, 2.75) is 6.92 Å². The first-order chi connectivity index (χ1) is 19.8. The molecule has 3 heterocycles. The highest BCUT2D eigenvalue weighted by atomic mass is 32.1. The normalized spacial score (nSPS) is 12.1. The van der Waals surface area contributed by atoms with Gasteiger partial charge in [0.1, 0.15) is 0 Å². The minimum Gasteiger partial charge on any atom is -0.309 e. The van der Waals surface area contributed by atoms with E-state index in [1.165, 1.54) is 80.7 Å². The molecule has 0 aliphatic rings. The van der Waals surface area contributed by atoms with Crippen molar-refractivity contribution in [3.63, 3.8) is 0 Å². The highest BCUT2D eigenvalue weighted by Gasteiger charge is 2.21. The van der Waals surface area contributed by atoms with Crippen LogP contribution in [0.2, 0.25) is 0 Å². The van der Waals surface area contributed by atoms with E-state index in [0.717, 1.165) is 0 Å². The maximum atomic E-state index is 2.49. The van der Waals surface area contributed by atoms with E-state index in [1.807, 2.05) is 11.3 Å². The number of fused-ring (bicyclic) bond motifs is 10. The van der Waals surface area contributed by atoms with Gasteiger partial charge >= 0.3 is 0 Å². The zero-order valence-corrected chi connectivity index (χ0v) is 22.7. The summed E-state index contributed by atoms with van der Waals surface area (Å²) in [5.74, 6) is 0. The average molecular weight is 529 g/mol. The zero-order chi connectivity index (χ0) is 26.4. The maximum Gasteiger partial charge on any atom is 0.0719 e. The summed E-state index contributed by atoms with van der Waals surface area (Å²) < 4.78 is 7.59. The van der Waals surface area contributed by atoms with Gasteiger partial charge in [0.15, 0.2) is 0 Å². The summed E-state index contributed by atoms with van der Waals surface area (Å²) in [6.07, 6.45) is 0. The lowest BCUT2D eigenvalue weighted by Crippen LogP contribution is -1.96. The van der Waals surface area contributed by atoms with E-state index in [1.54, 1.807) is 0 Å². The molecule has 0 aliphatic carbocycles. The van der Waals surface area contributed by atoms with Gasteiger partial charge in [-0.2, -0.15) is 0 Å². The summed E-state index contributed by atoms with van der Waals surface area (Å²) in [6, 6.07) is 46.7. The second-order valence-corrected chi connectivity index (χ2v) is 11.7. The smallest absolute Gasteiger partial charge is 0.0719 e. The van der Waals surface area contributed by atoms with Gasteiger partial charge in [-0.3, -0.25) is 0 Å². The molecule has 6 aromatic carbocycles. The fourth-order valence-corrected chi connectivity index (χ4v) is 7.87. The molecule has 0 spiro atoms. The molecule has 188 valence electrons. The fraction of sp³-hybridized carbons (Fsp3) is 0.0270. The Balaban J connectivity index is 1.52. The molecule has 3 heteroatoms. The lowest BCUT2D eigenvalue weighted by molar-refractivity contribution is 1.16. The van der Waals surface area contributed by atoms with Crippen LogP contribution in [0.5, 0.6) is 0 Å². The maximum absolute atomic E-state index is 2.49. The SMILES string of the molecule is Cc1cccc(-n2c3ccccc3c3cc4c5ccc6c7ccccc7sc6c5n(-c5ccccc5)c4cc32)c1. The Morgan fingerprint density at radius 3 is 2.02 bits per heavy atom. The van der Waals surface area contributed by atoms with E-state index in [-0.39, 0.29) is 0 Å². The van der Waals surface area contributed by atoms with Gasteiger partial charge in [0.05, 0.1) is 26.8 Å². The number of rotatable bonds is 2. The minimum atomic E-state index is 1.19. The van der Waals surface area contributed by atoms with Gasteiger partial charge in [0, 0.05) is 48.4 Å². The predicted molar refractivity (Wildman–Crippen MR) is 173 cm³/mol. The van der Waals surface area contributed by atoms with E-state index in [9.17, 15) is 0 Å². The summed E-state index contributed by atoms with van der Waals surface area (Å²) in [6.45, 7) is 2.17. The van der Waals surface area contributed by atoms with E-state index in [2.05, 4.69) is 143 Å². The van der Waals surface area contributed by atoms with Crippen LogP contribution in [-0.4, -0.2) is 9.13 Å². The number of hydrogen-bond acceptors (Lipinski definition) is 1. The zero-order valence-electron chi connectivity index (χ0n) is 21.9. The lowest BCUT2D eigenvalue weighted by atomic mass is 10.1. The molecule has 0 bridgehead atoms. The number of nitrogens with zero attached hydrogens (tertiary/aromatic N) is 2. The van der Waals surface area contributed by atoms with E-state index >= 15 is 0 Å². The number of thiophene rings is 1. The van der Waals surface area contributed by atoms with Crippen molar-refractivity contribution < 1.29 is 0 Å². The molecule has 2 nitrogen and oxygen atoms in total. The molecule has 0 saturated heterocycles. The highest BCUT2D eigenvalue weighted by Crippen LogP contribution is 2.45. The van der Waals surface area contributed by atoms with Crippen molar-refractivity contribution in [3.8, 4) is 11.4 Å². The average Bonchev–Trinajstić information content (AvgIpc) is 3.64. The number of aromatic nitrogens is 2. The van der Waals surface area contributed by atoms with Crippen LogP contribution in [0.3, 0.4) is 0 Å². The molecule has 0 unspecified atom stereocenters. The van der Waals surface area contributed by atoms with Crippen LogP contribution in [0.1, 0.15) is 5.56 Å². The van der Waals surface area contributed by atoms with Gasteiger partial charge in [0.25, 0.3) is 0 Å². The predicted octanol–water partition coefficient (Wildman–Crippen LogP) is 10.6. The van der Waals surface area contributed by atoms with E-state index < -0.39 is 0 Å². The molecule has 0 saturated carbocycles. The molecule has 0 atom stereocenters. The molecule has 0 amide bonds. The fourth-order valence-electron chi connectivity index (χ4n) is 6.63. The molecular formula is C37H24N2S. The van der Waals surface area contributed by atoms with Gasteiger partial charge in [-0.15, -0.1) is 11.3 Å². The first-order valence-corrected chi connectivity index (χ1v) is 14.5. The molecular weight excluding hydrogens is 504 g/mol. The molecule has 9 rings (SSSR count). The van der Waals surface area contributed by atoms with Crippen LogP contribution in [0.25, 0.3) is 75.2 Å². The summed E-state index contributed by atoms with van der Waals surface area (Å²) in [5.41, 5.74) is 8.62. The summed E-state index contributed by atoms with van der Waals surface area (Å²) in [5, 5.41) is 7.81. The second-order valence-electron chi connectivity index (χ2n) is 10.7. The standard InChI is InChI=1S/C37H24N2S/c1-23-10-9-13-25(20-23)38-32-16-7-5-14-26(32)30-21-31-28-18-19-29-27-15-6-8-17-35(27)40-37(29)36(28)39(34(31)22-33(30)38)24-11-3-2-4-12-24/h2-22H,1H3. The summed E-state index contributed by atoms with van der Waals surface area (Å²) in [7, 11) is 0. The highest BCUT2D eigenvalue weighted by molar-refractivity contribution is 7.26. The van der Waals surface area contributed by atoms with Crippen LogP contribution in [0.4, 0.5) is 0 Å². The van der Waals surface area contributed by atoms with E-state index in [4.69, 9.17) is 0 Å². The van der Waals surface area contributed by atoms with Crippen LogP contribution < -0.4 is 0 Å². The number of para-hydroxylation sites is 2. The van der Waals surface area contributed by atoms with Crippen LogP contribution in [0, 0.1) is 6.92 Å². The molecule has 3 aromatic heterocycles. The van der Waals surface area contributed by atoms with Crippen molar-refractivity contribution >= 4 is 75.1 Å². The van der Waals surface area contributed by atoms with Crippen molar-refractivity contribution in [3.05, 3.63) is 133 Å². The Kier molecular flexibility index (Phi) is 4.44. The number of benzene rings is 6. The van der Waals surface area contributed by atoms with Crippen molar-refractivity contribution in [2.24, 2.45) is 0 Å². The molecule has 0 N–H and O–H groups in total. The number of hydrogen-bond donors (Lipinski definition) is 0. The Morgan fingerprint density at radius 2 is 1.15 bits per heavy atom. The van der Waals surface area contributed by atoms with Crippen molar-refractivity contribution in [1.29, 1.82) is 0 Å². The quantitative estimate of drug-likeness (QED) is 0.211. The summed E-state index contributed by atoms with van der Waals surface area (Å²) >= 11 is 1.90. The topological polar surface area (TPSA) is 9.86 Å². The Labute approximate surface area is 234 Å². The molecule has 40 heavy (non-hydrogen) atoms. The molecule has 0 aliphatic heterocycles. The lowest BCUT2D eigenvalue weighted by Gasteiger charge is -2.11. The van der Waals surface area contributed by atoms with Crippen molar-refractivity contribution in [1.82, 2.24) is 9.13 Å². The van der Waals surface area contributed by atoms with Crippen LogP contribution in [0.15, 0.2) is 127 Å². The Morgan fingerprint density at radius 1 is 0.450 bits per heavy atom. The van der Waals surface area contributed by atoms with Gasteiger partial charge in [0.2, 0.25) is 0 Å². The summed E-state index contributed by atoms with van der Waals surface area (Å²) in [4.78, 5) is 0. The third-order valence-electron chi connectivity index (χ3n) is 8.34. The number of aryl methyl sites for hydroxylation is 1. The van der Waals surface area contributed by atoms with Crippen LogP contribution in [-0.2, 0) is 0 Å². The van der Waals surface area contributed by atoms with Crippen molar-refractivity contribution in [2.75, 3.05) is 0 Å². The van der Waals surface area contributed by atoms with E-state index in [0.29, 0.717) is 0 Å². The van der Waals surface area contributed by atoms with Gasteiger partial charge in [-0.25, -0.2) is 0 Å².